The van der Waals surface area contributed by atoms with Crippen molar-refractivity contribution in [3.63, 3.8) is 0 Å². The molecule has 0 N–H and O–H groups in total. The van der Waals surface area contributed by atoms with Crippen LogP contribution >= 0.6 is 117 Å². The SMILES string of the molecule is Brc1cnc(Br)c2nsnc12.CCCCN(CCCC)c1cc2sc(-c3ncc(Br)c4nsnc34)cc2s1.CCCCN(CCCC)c1cc2sccc2s1. The minimum Gasteiger partial charge on any atom is -0.363 e. The summed E-state index contributed by atoms with van der Waals surface area (Å²) in [4.78, 5) is 15.0. The number of halogens is 3. The van der Waals surface area contributed by atoms with Gasteiger partial charge in [-0.25, -0.2) is 4.98 Å². The molecule has 0 atom stereocenters. The second kappa shape index (κ2) is 21.3. The van der Waals surface area contributed by atoms with E-state index in [-0.39, 0.29) is 0 Å². The standard InChI is InChI=1S/C19H21BrN4S3.C14H21NS2.C5HBr2N3S/c1-3-5-7-24(8-6-4-2)16-10-14-13(26-16)9-15(25-14)18-19-17(22-27-23-19)12(20)11-21-18;1-3-5-8-15(9-6-4-2)14-11-13-12(17-14)7-10-16-13;6-2-1-8-5(7)4-3(2)9-11-10-4/h9-11H,3-8H2,1-2H3;7,10-11H,3-6,8-9H2,1-2H3;1H. The third-order valence-corrected chi connectivity index (χ3v) is 16.1. The fraction of sp³-hybridized carbons (Fsp3) is 0.421. The zero-order valence-electron chi connectivity index (χ0n) is 31.2. The van der Waals surface area contributed by atoms with E-state index in [1.165, 1.54) is 122 Å². The normalized spacial score (nSPS) is 11.3. The van der Waals surface area contributed by atoms with Crippen molar-refractivity contribution in [2.75, 3.05) is 36.0 Å². The lowest BCUT2D eigenvalue weighted by molar-refractivity contribution is 0.682. The van der Waals surface area contributed by atoms with Gasteiger partial charge in [0.1, 0.15) is 32.4 Å². The lowest BCUT2D eigenvalue weighted by Crippen LogP contribution is -2.24. The van der Waals surface area contributed by atoms with Gasteiger partial charge in [0.25, 0.3) is 0 Å². The summed E-state index contributed by atoms with van der Waals surface area (Å²) in [6, 6.07) is 9.23. The van der Waals surface area contributed by atoms with E-state index in [1.54, 1.807) is 17.5 Å². The Morgan fingerprint density at radius 2 is 1.04 bits per heavy atom. The van der Waals surface area contributed by atoms with Gasteiger partial charge in [-0.3, -0.25) is 4.98 Å². The van der Waals surface area contributed by atoms with E-state index in [0.29, 0.717) is 0 Å². The quantitative estimate of drug-likeness (QED) is 0.0939. The summed E-state index contributed by atoms with van der Waals surface area (Å²) in [5, 5.41) is 5.05. The summed E-state index contributed by atoms with van der Waals surface area (Å²) >= 11 is 20.1. The van der Waals surface area contributed by atoms with Crippen molar-refractivity contribution < 1.29 is 0 Å². The highest BCUT2D eigenvalue weighted by molar-refractivity contribution is 9.11. The Morgan fingerprint density at radius 3 is 1.58 bits per heavy atom. The number of hydrogen-bond donors (Lipinski definition) is 0. The maximum absolute atomic E-state index is 4.62. The van der Waals surface area contributed by atoms with E-state index < -0.39 is 0 Å². The van der Waals surface area contributed by atoms with Crippen LogP contribution in [-0.2, 0) is 0 Å². The highest BCUT2D eigenvalue weighted by atomic mass is 79.9. The molecule has 0 spiro atoms. The number of hydrogen-bond acceptors (Lipinski definition) is 14. The number of rotatable bonds is 15. The highest BCUT2D eigenvalue weighted by Gasteiger charge is 2.18. The van der Waals surface area contributed by atoms with Crippen molar-refractivity contribution in [1.82, 2.24) is 27.5 Å². The molecule has 0 aliphatic rings. The average Bonchev–Trinajstić information content (AvgIpc) is 4.03. The predicted molar refractivity (Wildman–Crippen MR) is 256 cm³/mol. The third kappa shape index (κ3) is 10.9. The van der Waals surface area contributed by atoms with Crippen molar-refractivity contribution in [1.29, 1.82) is 0 Å². The van der Waals surface area contributed by atoms with Gasteiger partial charge in [-0.2, -0.15) is 17.5 Å². The van der Waals surface area contributed by atoms with Crippen LogP contribution in [0.5, 0.6) is 0 Å². The van der Waals surface area contributed by atoms with Gasteiger partial charge in [-0.1, -0.05) is 53.4 Å². The monoisotopic (exact) mass is 1040 g/mol. The van der Waals surface area contributed by atoms with Crippen LogP contribution in [-0.4, -0.2) is 53.6 Å². The smallest absolute Gasteiger partial charge is 0.138 e. The highest BCUT2D eigenvalue weighted by Crippen LogP contribution is 2.43. The summed E-state index contributed by atoms with van der Waals surface area (Å²) < 4.78 is 25.1. The first-order valence-electron chi connectivity index (χ1n) is 18.5. The molecule has 8 aromatic rings. The first kappa shape index (κ1) is 42.9. The molecule has 0 amide bonds. The number of nitrogens with zero attached hydrogens (tertiary/aromatic N) is 8. The van der Waals surface area contributed by atoms with Gasteiger partial charge in [0.05, 0.1) is 47.3 Å². The molecule has 0 aliphatic carbocycles. The van der Waals surface area contributed by atoms with Crippen molar-refractivity contribution in [2.45, 2.75) is 79.1 Å². The molecule has 17 heteroatoms. The van der Waals surface area contributed by atoms with E-state index in [9.17, 15) is 0 Å². The molecule has 0 bridgehead atoms. The summed E-state index contributed by atoms with van der Waals surface area (Å²) in [7, 11) is 0. The van der Waals surface area contributed by atoms with Gasteiger partial charge >= 0.3 is 0 Å². The van der Waals surface area contributed by atoms with E-state index in [4.69, 9.17) is 0 Å². The number of anilines is 2. The minimum atomic E-state index is 0.740. The molecule has 292 valence electrons. The zero-order valence-corrected chi connectivity index (χ0v) is 40.8. The van der Waals surface area contributed by atoms with Gasteiger partial charge in [0, 0.05) is 57.4 Å². The molecular weight excluding hydrogens is 1000 g/mol. The van der Waals surface area contributed by atoms with Crippen LogP contribution in [0.3, 0.4) is 0 Å². The second-order valence-corrected chi connectivity index (χ2v) is 20.5. The van der Waals surface area contributed by atoms with Crippen LogP contribution < -0.4 is 9.80 Å². The topological polar surface area (TPSA) is 83.8 Å². The van der Waals surface area contributed by atoms with E-state index in [2.05, 4.69) is 142 Å². The largest absolute Gasteiger partial charge is 0.363 e. The fourth-order valence-electron chi connectivity index (χ4n) is 5.71. The van der Waals surface area contributed by atoms with Crippen molar-refractivity contribution >= 4 is 167 Å². The number of thiophene rings is 4. The molecule has 0 aliphatic heterocycles. The first-order chi connectivity index (χ1) is 26.8. The van der Waals surface area contributed by atoms with Crippen molar-refractivity contribution in [3.8, 4) is 10.6 Å². The molecule has 0 unspecified atom stereocenters. The third-order valence-electron chi connectivity index (χ3n) is 8.75. The van der Waals surface area contributed by atoms with Gasteiger partial charge < -0.3 is 9.80 Å². The maximum Gasteiger partial charge on any atom is 0.138 e. The summed E-state index contributed by atoms with van der Waals surface area (Å²) in [5.74, 6) is 0. The number of aromatic nitrogens is 6. The van der Waals surface area contributed by atoms with E-state index in [1.807, 2.05) is 40.2 Å². The van der Waals surface area contributed by atoms with Crippen LogP contribution in [0.15, 0.2) is 55.6 Å². The Kier molecular flexibility index (Phi) is 16.6. The van der Waals surface area contributed by atoms with Crippen molar-refractivity contribution in [3.05, 3.63) is 55.6 Å². The van der Waals surface area contributed by atoms with Gasteiger partial charge in [0.2, 0.25) is 0 Å². The Morgan fingerprint density at radius 1 is 0.545 bits per heavy atom. The Balaban J connectivity index is 0.000000156. The van der Waals surface area contributed by atoms with Gasteiger partial charge in [0.15, 0.2) is 0 Å². The molecular formula is C38H43Br3N8S6. The predicted octanol–water partition coefficient (Wildman–Crippen LogP) is 15.2. The van der Waals surface area contributed by atoms with Gasteiger partial charge in [-0.05, 0) is 103 Å². The minimum absolute atomic E-state index is 0.740. The van der Waals surface area contributed by atoms with E-state index in [0.717, 1.165) is 54.4 Å². The average molecular weight is 1040 g/mol. The zero-order chi connectivity index (χ0) is 38.7. The van der Waals surface area contributed by atoms with Crippen LogP contribution in [0.2, 0.25) is 0 Å². The Hall–Kier alpha value is -1.70. The first-order valence-corrected chi connectivity index (χ1v) is 25.7. The molecule has 8 rings (SSSR count). The number of pyridine rings is 2. The molecule has 0 saturated carbocycles. The van der Waals surface area contributed by atoms with Gasteiger partial charge in [-0.15, -0.1) is 45.3 Å². The summed E-state index contributed by atoms with van der Waals surface area (Å²) in [6.07, 6.45) is 13.7. The summed E-state index contributed by atoms with van der Waals surface area (Å²) in [5.41, 5.74) is 4.38. The number of unbranched alkanes of at least 4 members (excludes halogenated alkanes) is 4. The molecule has 0 aromatic carbocycles. The lowest BCUT2D eigenvalue weighted by atomic mass is 10.2. The van der Waals surface area contributed by atoms with Crippen molar-refractivity contribution in [2.24, 2.45) is 0 Å². The second-order valence-electron chi connectivity index (χ2n) is 12.8. The lowest BCUT2D eigenvalue weighted by Gasteiger charge is -2.22. The fourth-order valence-corrected chi connectivity index (χ4v) is 12.9. The number of fused-ring (bicyclic) bond motifs is 4. The molecule has 0 saturated heterocycles. The molecule has 8 heterocycles. The maximum atomic E-state index is 4.62. The van der Waals surface area contributed by atoms with Crippen LogP contribution in [0.25, 0.3) is 51.4 Å². The molecule has 8 nitrogen and oxygen atoms in total. The van der Waals surface area contributed by atoms with Crippen LogP contribution in [0.1, 0.15) is 79.1 Å². The Bertz CT molecular complexity index is 2280. The van der Waals surface area contributed by atoms with Crippen LogP contribution in [0.4, 0.5) is 10.0 Å². The van der Waals surface area contributed by atoms with E-state index >= 15 is 0 Å². The molecule has 0 fully saturated rings. The molecule has 0 radical (unpaired) electrons. The molecule has 55 heavy (non-hydrogen) atoms. The van der Waals surface area contributed by atoms with Crippen LogP contribution in [0, 0.1) is 0 Å². The summed E-state index contributed by atoms with van der Waals surface area (Å²) in [6.45, 7) is 13.8. The Labute approximate surface area is 372 Å². The molecule has 8 aromatic heterocycles.